The minimum atomic E-state index is -0.319. The van der Waals surface area contributed by atoms with E-state index in [1.165, 1.54) is 28.6 Å². The summed E-state index contributed by atoms with van der Waals surface area (Å²) < 4.78 is 1.82. The third-order valence-corrected chi connectivity index (χ3v) is 6.77. The van der Waals surface area contributed by atoms with E-state index in [9.17, 15) is 9.59 Å². The number of nitrogens with zero attached hydrogens (tertiary/aromatic N) is 2. The maximum absolute atomic E-state index is 13.2. The summed E-state index contributed by atoms with van der Waals surface area (Å²) in [4.78, 5) is 31.2. The minimum absolute atomic E-state index is 0.0991. The summed E-state index contributed by atoms with van der Waals surface area (Å²) in [6.07, 6.45) is 7.90. The molecule has 2 N–H and O–H groups in total. The van der Waals surface area contributed by atoms with Crippen molar-refractivity contribution in [2.75, 3.05) is 5.75 Å². The zero-order chi connectivity index (χ0) is 17.8. The third-order valence-electron chi connectivity index (χ3n) is 4.60. The molecule has 2 heterocycles. The van der Waals surface area contributed by atoms with Gasteiger partial charge in [0.2, 0.25) is 5.91 Å². The first-order chi connectivity index (χ1) is 12.1. The van der Waals surface area contributed by atoms with Crippen molar-refractivity contribution in [3.63, 3.8) is 0 Å². The lowest BCUT2D eigenvalue weighted by molar-refractivity contribution is -0.117. The number of fused-ring (bicyclic) bond motifs is 3. The molecule has 1 amide bonds. The van der Waals surface area contributed by atoms with Crippen molar-refractivity contribution in [3.05, 3.63) is 20.8 Å². The zero-order valence-corrected chi connectivity index (χ0v) is 16.3. The number of thioether (sulfide) groups is 1. The lowest BCUT2D eigenvalue weighted by Gasteiger charge is -2.13. The zero-order valence-electron chi connectivity index (χ0n) is 14.7. The van der Waals surface area contributed by atoms with Crippen LogP contribution in [-0.4, -0.2) is 21.2 Å². The molecule has 136 valence electrons. The first kappa shape index (κ1) is 18.5. The van der Waals surface area contributed by atoms with Crippen molar-refractivity contribution >= 4 is 39.2 Å². The summed E-state index contributed by atoms with van der Waals surface area (Å²) >= 11 is 3.14. The molecule has 0 radical (unpaired) electrons. The molecular formula is C18H25N3O2S2. The van der Waals surface area contributed by atoms with Crippen molar-refractivity contribution in [2.24, 2.45) is 5.73 Å². The maximum Gasteiger partial charge on any atom is 0.263 e. The molecule has 7 heteroatoms. The highest BCUT2D eigenvalue weighted by molar-refractivity contribution is 7.99. The van der Waals surface area contributed by atoms with Crippen LogP contribution in [0.25, 0.3) is 10.2 Å². The summed E-state index contributed by atoms with van der Waals surface area (Å²) in [5, 5.41) is 1.57. The average Bonchev–Trinajstić information content (AvgIpc) is 2.95. The summed E-state index contributed by atoms with van der Waals surface area (Å²) in [6.45, 7) is 2.85. The Kier molecular flexibility index (Phi) is 6.17. The Balaban J connectivity index is 2.00. The van der Waals surface area contributed by atoms with Gasteiger partial charge < -0.3 is 5.73 Å². The Labute approximate surface area is 156 Å². The fraction of sp³-hybridized carbons (Fsp3) is 0.611. The lowest BCUT2D eigenvalue weighted by atomic mass is 9.97. The number of carbonyl (C=O) groups excluding carboxylic acids is 1. The molecule has 0 unspecified atom stereocenters. The van der Waals surface area contributed by atoms with E-state index in [1.807, 2.05) is 4.57 Å². The van der Waals surface area contributed by atoms with Crippen molar-refractivity contribution in [1.82, 2.24) is 9.55 Å². The summed E-state index contributed by atoms with van der Waals surface area (Å²) in [7, 11) is 0. The summed E-state index contributed by atoms with van der Waals surface area (Å²) in [6, 6.07) is 0. The van der Waals surface area contributed by atoms with Crippen LogP contribution >= 0.6 is 23.1 Å². The molecule has 1 aliphatic rings. The molecule has 3 rings (SSSR count). The smallest absolute Gasteiger partial charge is 0.263 e. The van der Waals surface area contributed by atoms with Gasteiger partial charge in [0.05, 0.1) is 5.39 Å². The van der Waals surface area contributed by atoms with Crippen LogP contribution in [0.4, 0.5) is 0 Å². The molecule has 0 atom stereocenters. The highest BCUT2D eigenvalue weighted by Gasteiger charge is 2.22. The standard InChI is InChI=1S/C18H25N3O2S2/c1-2-3-6-10-21-17(23)15-12-7-4-5-8-13(12)25-16(15)20-18(21)24-11-9-14(19)22/h2-11H2,1H3,(H2,19,22). The van der Waals surface area contributed by atoms with Gasteiger partial charge >= 0.3 is 0 Å². The van der Waals surface area contributed by atoms with E-state index >= 15 is 0 Å². The van der Waals surface area contributed by atoms with Gasteiger partial charge in [0.25, 0.3) is 5.56 Å². The Bertz CT molecular complexity index is 826. The van der Waals surface area contributed by atoms with Crippen LogP contribution in [0.2, 0.25) is 0 Å². The number of primary amides is 1. The van der Waals surface area contributed by atoms with E-state index in [1.54, 1.807) is 11.3 Å². The van der Waals surface area contributed by atoms with Crippen LogP contribution in [0.5, 0.6) is 0 Å². The second kappa shape index (κ2) is 8.36. The van der Waals surface area contributed by atoms with Gasteiger partial charge in [0, 0.05) is 23.6 Å². The van der Waals surface area contributed by atoms with E-state index < -0.39 is 0 Å². The highest BCUT2D eigenvalue weighted by Crippen LogP contribution is 2.34. The lowest BCUT2D eigenvalue weighted by Crippen LogP contribution is -2.24. The molecule has 0 fully saturated rings. The van der Waals surface area contributed by atoms with Crippen LogP contribution in [0.3, 0.4) is 0 Å². The predicted octanol–water partition coefficient (Wildman–Crippen LogP) is 3.49. The molecule has 0 aromatic carbocycles. The number of unbranched alkanes of at least 4 members (excludes halogenated alkanes) is 2. The number of thiophene rings is 1. The van der Waals surface area contributed by atoms with Crippen molar-refractivity contribution in [1.29, 1.82) is 0 Å². The molecule has 2 aromatic rings. The largest absolute Gasteiger partial charge is 0.370 e. The number of hydrogen-bond donors (Lipinski definition) is 1. The Morgan fingerprint density at radius 2 is 2.12 bits per heavy atom. The number of aryl methyl sites for hydroxylation is 2. The molecule has 0 spiro atoms. The van der Waals surface area contributed by atoms with E-state index in [0.29, 0.717) is 18.7 Å². The van der Waals surface area contributed by atoms with Gasteiger partial charge in [-0.3, -0.25) is 14.2 Å². The van der Waals surface area contributed by atoms with Gasteiger partial charge in [-0.1, -0.05) is 31.5 Å². The van der Waals surface area contributed by atoms with Gasteiger partial charge in [-0.05, 0) is 37.7 Å². The molecule has 0 saturated carbocycles. The second-order valence-corrected chi connectivity index (χ2v) is 8.66. The summed E-state index contributed by atoms with van der Waals surface area (Å²) in [5.74, 6) is 0.242. The van der Waals surface area contributed by atoms with Crippen LogP contribution in [0.15, 0.2) is 9.95 Å². The molecule has 1 aliphatic carbocycles. The monoisotopic (exact) mass is 379 g/mol. The van der Waals surface area contributed by atoms with Crippen molar-refractivity contribution < 1.29 is 4.79 Å². The Morgan fingerprint density at radius 1 is 1.32 bits per heavy atom. The predicted molar refractivity (Wildman–Crippen MR) is 105 cm³/mol. The second-order valence-electron chi connectivity index (χ2n) is 6.51. The summed E-state index contributed by atoms with van der Waals surface area (Å²) in [5.41, 5.74) is 6.58. The fourth-order valence-corrected chi connectivity index (χ4v) is 5.57. The molecule has 0 aliphatic heterocycles. The third kappa shape index (κ3) is 4.08. The number of nitrogens with two attached hydrogens (primary N) is 1. The van der Waals surface area contributed by atoms with Gasteiger partial charge in [-0.2, -0.15) is 0 Å². The number of hydrogen-bond acceptors (Lipinski definition) is 5. The van der Waals surface area contributed by atoms with Crippen LogP contribution < -0.4 is 11.3 Å². The molecule has 2 aromatic heterocycles. The number of aromatic nitrogens is 2. The average molecular weight is 380 g/mol. The maximum atomic E-state index is 13.2. The van der Waals surface area contributed by atoms with Crippen molar-refractivity contribution in [2.45, 2.75) is 70.0 Å². The van der Waals surface area contributed by atoms with E-state index in [-0.39, 0.29) is 11.5 Å². The first-order valence-electron chi connectivity index (χ1n) is 9.08. The molecular weight excluding hydrogens is 354 g/mol. The van der Waals surface area contributed by atoms with Crippen LogP contribution in [-0.2, 0) is 24.2 Å². The van der Waals surface area contributed by atoms with Gasteiger partial charge in [0.1, 0.15) is 4.83 Å². The highest BCUT2D eigenvalue weighted by atomic mass is 32.2. The number of amides is 1. The topological polar surface area (TPSA) is 78.0 Å². The normalized spacial score (nSPS) is 14.0. The Hall–Kier alpha value is -1.34. The molecule has 0 saturated heterocycles. The van der Waals surface area contributed by atoms with Gasteiger partial charge in [0.15, 0.2) is 5.16 Å². The fourth-order valence-electron chi connectivity index (χ4n) is 3.29. The van der Waals surface area contributed by atoms with Crippen LogP contribution in [0.1, 0.15) is 55.9 Å². The first-order valence-corrected chi connectivity index (χ1v) is 10.9. The van der Waals surface area contributed by atoms with Crippen molar-refractivity contribution in [3.8, 4) is 0 Å². The molecule has 5 nitrogen and oxygen atoms in total. The quantitative estimate of drug-likeness (QED) is 0.433. The number of rotatable bonds is 8. The SMILES string of the molecule is CCCCCn1c(SCCC(N)=O)nc2sc3c(c2c1=O)CCCC3. The van der Waals surface area contributed by atoms with E-state index in [2.05, 4.69) is 6.92 Å². The molecule has 25 heavy (non-hydrogen) atoms. The number of carbonyl (C=O) groups is 1. The Morgan fingerprint density at radius 3 is 2.88 bits per heavy atom. The van der Waals surface area contributed by atoms with Crippen LogP contribution in [0, 0.1) is 0 Å². The van der Waals surface area contributed by atoms with Gasteiger partial charge in [-0.15, -0.1) is 11.3 Å². The van der Waals surface area contributed by atoms with E-state index in [4.69, 9.17) is 10.7 Å². The van der Waals surface area contributed by atoms with E-state index in [0.717, 1.165) is 53.9 Å². The molecule has 0 bridgehead atoms. The van der Waals surface area contributed by atoms with Gasteiger partial charge in [-0.25, -0.2) is 4.98 Å². The minimum Gasteiger partial charge on any atom is -0.370 e.